The number of nitriles is 1. The summed E-state index contributed by atoms with van der Waals surface area (Å²) < 4.78 is 27.7. The first-order valence-electron chi connectivity index (χ1n) is 5.92. The average Bonchev–Trinajstić information content (AvgIpc) is 2.43. The minimum atomic E-state index is -3.81. The average molecular weight is 366 g/mol. The molecule has 2 aromatic carbocycles. The quantitative estimate of drug-likeness (QED) is 0.817. The Balaban J connectivity index is 2.45. The fourth-order valence-corrected chi connectivity index (χ4v) is 3.78. The highest BCUT2D eigenvalue weighted by atomic mass is 79.9. The Morgan fingerprint density at radius 3 is 2.62 bits per heavy atom. The number of sulfonamides is 1. The number of benzene rings is 2. The van der Waals surface area contributed by atoms with Gasteiger partial charge in [-0.3, -0.25) is 4.72 Å². The van der Waals surface area contributed by atoms with Crippen LogP contribution in [-0.2, 0) is 10.0 Å². The second-order valence-electron chi connectivity index (χ2n) is 4.46. The summed E-state index contributed by atoms with van der Waals surface area (Å²) in [6.07, 6.45) is 0. The van der Waals surface area contributed by atoms with E-state index in [1.165, 1.54) is 24.3 Å². The zero-order chi connectivity index (χ0) is 15.6. The lowest BCUT2D eigenvalue weighted by Gasteiger charge is -2.13. The van der Waals surface area contributed by atoms with Gasteiger partial charge < -0.3 is 5.73 Å². The van der Waals surface area contributed by atoms with Crippen LogP contribution in [0.15, 0.2) is 45.8 Å². The van der Waals surface area contributed by atoms with Crippen molar-refractivity contribution in [3.8, 4) is 6.07 Å². The molecule has 0 heterocycles. The second-order valence-corrected chi connectivity index (χ2v) is 6.99. The molecule has 0 atom stereocenters. The van der Waals surface area contributed by atoms with E-state index in [1.54, 1.807) is 12.1 Å². The third-order valence-electron chi connectivity index (χ3n) is 2.77. The molecule has 0 aliphatic heterocycles. The van der Waals surface area contributed by atoms with Crippen LogP contribution in [0.1, 0.15) is 11.1 Å². The number of nitrogens with two attached hydrogens (primary N) is 1. The van der Waals surface area contributed by atoms with Crippen LogP contribution >= 0.6 is 15.9 Å². The molecule has 0 fully saturated rings. The van der Waals surface area contributed by atoms with Crippen LogP contribution in [0.5, 0.6) is 0 Å². The molecule has 0 spiro atoms. The Kier molecular flexibility index (Phi) is 4.21. The highest BCUT2D eigenvalue weighted by molar-refractivity contribution is 9.10. The van der Waals surface area contributed by atoms with Crippen LogP contribution in [-0.4, -0.2) is 8.42 Å². The molecule has 0 aliphatic carbocycles. The van der Waals surface area contributed by atoms with Crippen LogP contribution in [0.3, 0.4) is 0 Å². The topological polar surface area (TPSA) is 96.0 Å². The van der Waals surface area contributed by atoms with Gasteiger partial charge in [0.15, 0.2) is 0 Å². The van der Waals surface area contributed by atoms with Crippen molar-refractivity contribution in [1.82, 2.24) is 0 Å². The van der Waals surface area contributed by atoms with E-state index in [9.17, 15) is 8.42 Å². The molecule has 3 N–H and O–H groups in total. The van der Waals surface area contributed by atoms with Crippen molar-refractivity contribution in [2.45, 2.75) is 11.8 Å². The maximum absolute atomic E-state index is 12.4. The van der Waals surface area contributed by atoms with E-state index < -0.39 is 10.0 Å². The monoisotopic (exact) mass is 365 g/mol. The van der Waals surface area contributed by atoms with Crippen molar-refractivity contribution >= 4 is 37.3 Å². The third kappa shape index (κ3) is 3.35. The van der Waals surface area contributed by atoms with Gasteiger partial charge in [-0.1, -0.05) is 6.07 Å². The van der Waals surface area contributed by atoms with Gasteiger partial charge in [0.05, 0.1) is 27.9 Å². The van der Waals surface area contributed by atoms with Gasteiger partial charge in [0.2, 0.25) is 0 Å². The fourth-order valence-electron chi connectivity index (χ4n) is 1.80. The summed E-state index contributed by atoms with van der Waals surface area (Å²) in [4.78, 5) is 0.00780. The lowest BCUT2D eigenvalue weighted by atomic mass is 10.2. The van der Waals surface area contributed by atoms with E-state index in [2.05, 4.69) is 20.7 Å². The van der Waals surface area contributed by atoms with Crippen molar-refractivity contribution in [3.05, 3.63) is 52.0 Å². The molecule has 0 saturated heterocycles. The highest BCUT2D eigenvalue weighted by Crippen LogP contribution is 2.32. The molecule has 108 valence electrons. The largest absolute Gasteiger partial charge is 0.397 e. The molecule has 0 amide bonds. The van der Waals surface area contributed by atoms with E-state index in [-0.39, 0.29) is 16.1 Å². The van der Waals surface area contributed by atoms with E-state index in [4.69, 9.17) is 11.0 Å². The Morgan fingerprint density at radius 2 is 2.00 bits per heavy atom. The van der Waals surface area contributed by atoms with Gasteiger partial charge in [0.1, 0.15) is 0 Å². The summed E-state index contributed by atoms with van der Waals surface area (Å²) in [6.45, 7) is 1.86. The summed E-state index contributed by atoms with van der Waals surface area (Å²) >= 11 is 3.29. The van der Waals surface area contributed by atoms with Crippen molar-refractivity contribution in [3.63, 3.8) is 0 Å². The van der Waals surface area contributed by atoms with Gasteiger partial charge in [-0.25, -0.2) is 8.42 Å². The van der Waals surface area contributed by atoms with Crippen LogP contribution in [0.25, 0.3) is 0 Å². The summed E-state index contributed by atoms with van der Waals surface area (Å²) in [5.74, 6) is 0. The van der Waals surface area contributed by atoms with Gasteiger partial charge in [-0.2, -0.15) is 5.26 Å². The zero-order valence-electron chi connectivity index (χ0n) is 11.1. The van der Waals surface area contributed by atoms with Gasteiger partial charge >= 0.3 is 0 Å². The maximum Gasteiger partial charge on any atom is 0.262 e. The zero-order valence-corrected chi connectivity index (χ0v) is 13.5. The van der Waals surface area contributed by atoms with E-state index in [1.807, 2.05) is 13.0 Å². The number of hydrogen-bond acceptors (Lipinski definition) is 4. The molecule has 0 saturated carbocycles. The van der Waals surface area contributed by atoms with Gasteiger partial charge in [0.25, 0.3) is 10.0 Å². The minimum absolute atomic E-state index is 0.00780. The maximum atomic E-state index is 12.4. The summed E-state index contributed by atoms with van der Waals surface area (Å²) in [5.41, 5.74) is 7.64. The van der Waals surface area contributed by atoms with Crippen LogP contribution in [0.2, 0.25) is 0 Å². The minimum Gasteiger partial charge on any atom is -0.397 e. The molecular formula is C14H12BrN3O2S. The number of nitrogen functional groups attached to an aromatic ring is 1. The second kappa shape index (κ2) is 5.76. The third-order valence-corrected chi connectivity index (χ3v) is 4.75. The molecule has 2 aromatic rings. The molecule has 7 heteroatoms. The number of nitrogens with zero attached hydrogens (tertiary/aromatic N) is 1. The normalized spacial score (nSPS) is 10.9. The highest BCUT2D eigenvalue weighted by Gasteiger charge is 2.18. The molecule has 0 bridgehead atoms. The predicted molar refractivity (Wildman–Crippen MR) is 85.3 cm³/mol. The fraction of sp³-hybridized carbons (Fsp3) is 0.0714. The first-order chi connectivity index (χ1) is 9.83. The Bertz CT molecular complexity index is 819. The van der Waals surface area contributed by atoms with Crippen molar-refractivity contribution in [2.75, 3.05) is 10.5 Å². The van der Waals surface area contributed by atoms with Crippen molar-refractivity contribution in [1.29, 1.82) is 5.26 Å². The molecule has 5 nitrogen and oxygen atoms in total. The number of aryl methyl sites for hydroxylation is 1. The Labute approximate surface area is 131 Å². The number of rotatable bonds is 3. The smallest absolute Gasteiger partial charge is 0.262 e. The first-order valence-corrected chi connectivity index (χ1v) is 8.20. The number of nitrogens with one attached hydrogen (secondary N) is 1. The number of hydrogen-bond donors (Lipinski definition) is 2. The number of halogens is 1. The first kappa shape index (κ1) is 15.4. The SMILES string of the molecule is Cc1cc(N)c(NS(=O)(=O)c2cccc(C#N)c2)c(Br)c1. The Hall–Kier alpha value is -2.04. The standard InChI is InChI=1S/C14H12BrN3O2S/c1-9-5-12(15)14(13(17)6-9)18-21(19,20)11-4-2-3-10(7-11)8-16/h2-7,18H,17H2,1H3. The molecule has 0 aliphatic rings. The van der Waals surface area contributed by atoms with E-state index >= 15 is 0 Å². The summed E-state index contributed by atoms with van der Waals surface area (Å²) in [7, 11) is -3.81. The predicted octanol–water partition coefficient (Wildman–Crippen LogP) is 3.01. The molecule has 21 heavy (non-hydrogen) atoms. The molecule has 0 unspecified atom stereocenters. The van der Waals surface area contributed by atoms with Crippen LogP contribution in [0, 0.1) is 18.3 Å². The summed E-state index contributed by atoms with van der Waals surface area (Å²) in [6, 6.07) is 11.1. The lowest BCUT2D eigenvalue weighted by Crippen LogP contribution is -2.15. The molecule has 0 radical (unpaired) electrons. The Morgan fingerprint density at radius 1 is 1.29 bits per heavy atom. The lowest BCUT2D eigenvalue weighted by molar-refractivity contribution is 0.601. The summed E-state index contributed by atoms with van der Waals surface area (Å²) in [5, 5.41) is 8.84. The van der Waals surface area contributed by atoms with Gasteiger partial charge in [0, 0.05) is 4.47 Å². The van der Waals surface area contributed by atoms with Crippen molar-refractivity contribution in [2.24, 2.45) is 0 Å². The van der Waals surface area contributed by atoms with Crippen LogP contribution in [0.4, 0.5) is 11.4 Å². The van der Waals surface area contributed by atoms with Gasteiger partial charge in [-0.05, 0) is 58.7 Å². The van der Waals surface area contributed by atoms with E-state index in [0.717, 1.165) is 5.56 Å². The van der Waals surface area contributed by atoms with Gasteiger partial charge in [-0.15, -0.1) is 0 Å². The molecule has 2 rings (SSSR count). The van der Waals surface area contributed by atoms with Crippen molar-refractivity contribution < 1.29 is 8.42 Å². The molecular weight excluding hydrogens is 354 g/mol. The molecule has 0 aromatic heterocycles. The van der Waals surface area contributed by atoms with Crippen LogP contribution < -0.4 is 10.5 Å². The number of anilines is 2. The van der Waals surface area contributed by atoms with E-state index in [0.29, 0.717) is 10.2 Å².